The SMILES string of the molecule is CC(C)=CC1C(C(=O)OCN2C(=O)C3=C(CCCC3)C2=O)C1(C)C.CC1(C)C(C=C(Cl)Cl)C1C(=O)OCc1cccc(Oc2ccccc2)c1. The number of imide groups is 1. The largest absolute Gasteiger partial charge is 0.461 e. The van der Waals surface area contributed by atoms with E-state index in [1.54, 1.807) is 6.08 Å². The fourth-order valence-electron chi connectivity index (χ4n) is 7.07. The second-order valence-electron chi connectivity index (χ2n) is 14.8. The number of allylic oxidation sites excluding steroid dienone is 3. The van der Waals surface area contributed by atoms with E-state index in [0.717, 1.165) is 29.1 Å². The molecule has 6 rings (SSSR count). The van der Waals surface area contributed by atoms with Crippen LogP contribution in [0.15, 0.2) is 88.0 Å². The topological polar surface area (TPSA) is 99.2 Å². The van der Waals surface area contributed by atoms with E-state index in [2.05, 4.69) is 6.08 Å². The number of amides is 2. The van der Waals surface area contributed by atoms with E-state index in [0.29, 0.717) is 29.7 Å². The first-order chi connectivity index (χ1) is 23.6. The molecule has 1 heterocycles. The number of hydrogen-bond acceptors (Lipinski definition) is 7. The van der Waals surface area contributed by atoms with Crippen molar-refractivity contribution in [2.75, 3.05) is 6.73 Å². The van der Waals surface area contributed by atoms with Gasteiger partial charge in [-0.15, -0.1) is 0 Å². The third kappa shape index (κ3) is 8.35. The van der Waals surface area contributed by atoms with Gasteiger partial charge >= 0.3 is 11.9 Å². The summed E-state index contributed by atoms with van der Waals surface area (Å²) < 4.78 is 16.8. The minimum Gasteiger partial charge on any atom is -0.461 e. The van der Waals surface area contributed by atoms with Gasteiger partial charge in [0.05, 0.1) is 11.8 Å². The molecule has 2 aromatic carbocycles. The molecule has 0 bridgehead atoms. The number of benzene rings is 2. The number of carbonyl (C=O) groups is 4. The van der Waals surface area contributed by atoms with Gasteiger partial charge in [0.2, 0.25) is 0 Å². The smallest absolute Gasteiger partial charge is 0.311 e. The van der Waals surface area contributed by atoms with Crippen molar-refractivity contribution in [1.82, 2.24) is 4.90 Å². The van der Waals surface area contributed by atoms with Gasteiger partial charge in [-0.3, -0.25) is 19.2 Å². The standard InChI is InChI=1S/C21H20Cl2O3.C19H25NO4/c1-21(2)17(12-18(22)23)19(21)20(24)25-13-14-7-6-10-16(11-14)26-15-8-4-3-5-9-15;1-11(2)9-14-15(19(14,3)4)18(23)24-10-20-16(21)12-7-5-6-8-13(12)17(20)22/h3-12,17,19H,13H2,1-2H3;9,14-15H,5-8,10H2,1-4H3. The first-order valence-electron chi connectivity index (χ1n) is 17.0. The lowest BCUT2D eigenvalue weighted by atomic mass is 9.93. The second kappa shape index (κ2) is 15.2. The zero-order valence-electron chi connectivity index (χ0n) is 29.5. The first-order valence-corrected chi connectivity index (χ1v) is 17.8. The quantitative estimate of drug-likeness (QED) is 0.137. The zero-order chi connectivity index (χ0) is 36.4. The lowest BCUT2D eigenvalue weighted by molar-refractivity contribution is -0.157. The number of esters is 2. The maximum atomic E-state index is 12.4. The third-order valence-corrected chi connectivity index (χ3v) is 10.5. The van der Waals surface area contributed by atoms with Crippen LogP contribution in [0.3, 0.4) is 0 Å². The van der Waals surface area contributed by atoms with Crippen LogP contribution in [0.1, 0.15) is 72.8 Å². The molecule has 2 saturated carbocycles. The highest BCUT2D eigenvalue weighted by molar-refractivity contribution is 6.55. The Morgan fingerprint density at radius 3 is 1.88 bits per heavy atom. The van der Waals surface area contributed by atoms with E-state index in [-0.39, 0.29) is 76.1 Å². The summed E-state index contributed by atoms with van der Waals surface area (Å²) in [4.78, 5) is 50.5. The normalized spacial score (nSPS) is 23.9. The van der Waals surface area contributed by atoms with Gasteiger partial charge in [0, 0.05) is 11.1 Å². The Hall–Kier alpha value is -3.88. The number of ether oxygens (including phenoxy) is 3. The first kappa shape index (κ1) is 37.4. The highest BCUT2D eigenvalue weighted by Gasteiger charge is 2.62. The van der Waals surface area contributed by atoms with Crippen molar-refractivity contribution in [2.45, 2.75) is 73.8 Å². The molecule has 0 radical (unpaired) electrons. The summed E-state index contributed by atoms with van der Waals surface area (Å²) in [6.07, 6.45) is 6.99. The van der Waals surface area contributed by atoms with Crippen LogP contribution in [0.4, 0.5) is 0 Å². The summed E-state index contributed by atoms with van der Waals surface area (Å²) in [5, 5.41) is 0. The predicted molar refractivity (Wildman–Crippen MR) is 192 cm³/mol. The van der Waals surface area contributed by atoms with Crippen molar-refractivity contribution in [1.29, 1.82) is 0 Å². The Morgan fingerprint density at radius 1 is 0.780 bits per heavy atom. The van der Waals surface area contributed by atoms with Crippen molar-refractivity contribution < 1.29 is 33.4 Å². The molecule has 4 atom stereocenters. The molecule has 266 valence electrons. The highest BCUT2D eigenvalue weighted by atomic mass is 35.5. The number of carbonyl (C=O) groups excluding carboxylic acids is 4. The Bertz CT molecular complexity index is 1710. The fourth-order valence-corrected chi connectivity index (χ4v) is 7.34. The van der Waals surface area contributed by atoms with Gasteiger partial charge < -0.3 is 14.2 Å². The minimum atomic E-state index is -0.326. The van der Waals surface area contributed by atoms with Crippen molar-refractivity contribution in [2.24, 2.45) is 34.5 Å². The van der Waals surface area contributed by atoms with Crippen LogP contribution in [0.5, 0.6) is 11.5 Å². The van der Waals surface area contributed by atoms with Gasteiger partial charge in [-0.2, -0.15) is 0 Å². The minimum absolute atomic E-state index is 0.00717. The van der Waals surface area contributed by atoms with Crippen LogP contribution in [0, 0.1) is 34.5 Å². The van der Waals surface area contributed by atoms with E-state index in [4.69, 9.17) is 37.4 Å². The van der Waals surface area contributed by atoms with E-state index in [9.17, 15) is 19.2 Å². The Balaban J connectivity index is 0.000000195. The molecular weight excluding hydrogens is 677 g/mol. The van der Waals surface area contributed by atoms with E-state index < -0.39 is 0 Å². The number of para-hydroxylation sites is 1. The lowest BCUT2D eigenvalue weighted by Gasteiger charge is -2.15. The van der Waals surface area contributed by atoms with Crippen molar-refractivity contribution in [3.05, 3.63) is 93.5 Å². The molecule has 4 aliphatic rings. The highest BCUT2D eigenvalue weighted by Crippen LogP contribution is 2.61. The average Bonchev–Trinajstić information content (AvgIpc) is 3.78. The van der Waals surface area contributed by atoms with Gasteiger partial charge in [-0.1, -0.05) is 92.9 Å². The predicted octanol–water partition coefficient (Wildman–Crippen LogP) is 9.08. The summed E-state index contributed by atoms with van der Waals surface area (Å²) in [5.41, 5.74) is 2.96. The molecule has 2 fully saturated rings. The number of nitrogens with zero attached hydrogens (tertiary/aromatic N) is 1. The van der Waals surface area contributed by atoms with Gasteiger partial charge in [0.15, 0.2) is 6.73 Å². The van der Waals surface area contributed by atoms with Crippen LogP contribution in [-0.4, -0.2) is 35.4 Å². The Labute approximate surface area is 304 Å². The summed E-state index contributed by atoms with van der Waals surface area (Å²) in [5.74, 6) is 0.0748. The van der Waals surface area contributed by atoms with Gasteiger partial charge in [0.25, 0.3) is 11.8 Å². The molecule has 8 nitrogen and oxygen atoms in total. The van der Waals surface area contributed by atoms with Crippen LogP contribution in [0.25, 0.3) is 0 Å². The Morgan fingerprint density at radius 2 is 1.32 bits per heavy atom. The maximum Gasteiger partial charge on any atom is 0.311 e. The molecule has 2 amide bonds. The molecule has 3 aliphatic carbocycles. The lowest BCUT2D eigenvalue weighted by Crippen LogP contribution is -2.35. The van der Waals surface area contributed by atoms with Crippen LogP contribution < -0.4 is 4.74 Å². The van der Waals surface area contributed by atoms with Crippen molar-refractivity contribution in [3.63, 3.8) is 0 Å². The Kier molecular flexibility index (Phi) is 11.3. The molecule has 0 aromatic heterocycles. The summed E-state index contributed by atoms with van der Waals surface area (Å²) in [6, 6.07) is 17.0. The molecule has 0 saturated heterocycles. The van der Waals surface area contributed by atoms with Gasteiger partial charge in [0.1, 0.15) is 22.6 Å². The monoisotopic (exact) mass is 721 g/mol. The molecule has 0 spiro atoms. The molecule has 50 heavy (non-hydrogen) atoms. The van der Waals surface area contributed by atoms with Crippen molar-refractivity contribution >= 4 is 47.0 Å². The van der Waals surface area contributed by atoms with E-state index in [1.165, 1.54) is 5.57 Å². The molecular formula is C40H45Cl2NO7. The number of rotatable bonds is 10. The van der Waals surface area contributed by atoms with Crippen LogP contribution in [-0.2, 0) is 35.3 Å². The van der Waals surface area contributed by atoms with Crippen LogP contribution in [0.2, 0.25) is 0 Å². The van der Waals surface area contributed by atoms with Gasteiger partial charge in [-0.05, 0) is 98.1 Å². The molecule has 10 heteroatoms. The second-order valence-corrected chi connectivity index (χ2v) is 15.8. The fraction of sp³-hybridized carbons (Fsp3) is 0.450. The zero-order valence-corrected chi connectivity index (χ0v) is 31.0. The molecule has 4 unspecified atom stereocenters. The average molecular weight is 723 g/mol. The van der Waals surface area contributed by atoms with Crippen molar-refractivity contribution in [3.8, 4) is 11.5 Å². The molecule has 0 N–H and O–H groups in total. The number of hydrogen-bond donors (Lipinski definition) is 0. The summed E-state index contributed by atoms with van der Waals surface area (Å²) in [6.45, 7) is 12.0. The maximum absolute atomic E-state index is 12.4. The molecule has 1 aliphatic heterocycles. The number of halogens is 2. The van der Waals surface area contributed by atoms with Crippen LogP contribution >= 0.6 is 23.2 Å². The summed E-state index contributed by atoms with van der Waals surface area (Å²) in [7, 11) is 0. The third-order valence-electron chi connectivity index (χ3n) is 10.2. The molecule has 2 aromatic rings. The summed E-state index contributed by atoms with van der Waals surface area (Å²) >= 11 is 11.5. The van der Waals surface area contributed by atoms with E-state index >= 15 is 0 Å². The van der Waals surface area contributed by atoms with E-state index in [1.807, 2.05) is 96.1 Å². The van der Waals surface area contributed by atoms with Gasteiger partial charge in [-0.25, -0.2) is 4.90 Å².